The monoisotopic (exact) mass is 252 g/mol. The molecule has 0 aromatic heterocycles. The molecule has 0 amide bonds. The molecule has 2 N–H and O–H groups in total. The van der Waals surface area contributed by atoms with Gasteiger partial charge in [-0.2, -0.15) is 0 Å². The summed E-state index contributed by atoms with van der Waals surface area (Å²) in [7, 11) is 0. The molecule has 1 saturated carbocycles. The van der Waals surface area contributed by atoms with E-state index in [4.69, 9.17) is 5.73 Å². The predicted octanol–water partition coefficient (Wildman–Crippen LogP) is 3.26. The third-order valence-electron chi connectivity index (χ3n) is 5.40. The molecule has 2 fully saturated rings. The molecule has 0 spiro atoms. The van der Waals surface area contributed by atoms with Crippen LogP contribution in [0.4, 0.5) is 0 Å². The second-order valence-corrected chi connectivity index (χ2v) is 7.52. The summed E-state index contributed by atoms with van der Waals surface area (Å²) in [5.41, 5.74) is 6.46. The molecule has 0 aromatic rings. The molecule has 2 heteroatoms. The molecule has 1 saturated heterocycles. The smallest absolute Gasteiger partial charge is 0.0136 e. The number of nitrogens with zero attached hydrogens (tertiary/aromatic N) is 1. The van der Waals surface area contributed by atoms with E-state index in [1.807, 2.05) is 0 Å². The number of rotatable bonds is 2. The van der Waals surface area contributed by atoms with Gasteiger partial charge < -0.3 is 10.6 Å². The van der Waals surface area contributed by atoms with E-state index in [0.717, 1.165) is 24.4 Å². The van der Waals surface area contributed by atoms with Crippen molar-refractivity contribution in [1.82, 2.24) is 4.90 Å². The molecule has 106 valence electrons. The Labute approximate surface area is 113 Å². The lowest BCUT2D eigenvalue weighted by atomic mass is 9.74. The van der Waals surface area contributed by atoms with Gasteiger partial charge in [0.25, 0.3) is 0 Å². The summed E-state index contributed by atoms with van der Waals surface area (Å²) < 4.78 is 0. The van der Waals surface area contributed by atoms with E-state index in [9.17, 15) is 0 Å². The molecule has 2 unspecified atom stereocenters. The first-order valence-corrected chi connectivity index (χ1v) is 7.96. The summed E-state index contributed by atoms with van der Waals surface area (Å²) in [6, 6.07) is 0.796. The second-order valence-electron chi connectivity index (χ2n) is 7.52. The fourth-order valence-electron chi connectivity index (χ4n) is 4.04. The van der Waals surface area contributed by atoms with Gasteiger partial charge in [-0.3, -0.25) is 0 Å². The van der Waals surface area contributed by atoms with Gasteiger partial charge in [0, 0.05) is 6.04 Å². The molecule has 1 aliphatic carbocycles. The Morgan fingerprint density at radius 3 is 2.17 bits per heavy atom. The first kappa shape index (κ1) is 14.3. The van der Waals surface area contributed by atoms with Gasteiger partial charge in [0.1, 0.15) is 0 Å². The van der Waals surface area contributed by atoms with Crippen LogP contribution >= 0.6 is 0 Å². The maximum atomic E-state index is 5.97. The summed E-state index contributed by atoms with van der Waals surface area (Å²) in [5.74, 6) is 1.68. The summed E-state index contributed by atoms with van der Waals surface area (Å²) >= 11 is 0. The van der Waals surface area contributed by atoms with E-state index < -0.39 is 0 Å². The quantitative estimate of drug-likeness (QED) is 0.817. The third kappa shape index (κ3) is 3.27. The minimum atomic E-state index is 0.492. The Morgan fingerprint density at radius 1 is 1.00 bits per heavy atom. The van der Waals surface area contributed by atoms with Crippen molar-refractivity contribution in [3.8, 4) is 0 Å². The molecule has 0 radical (unpaired) electrons. The van der Waals surface area contributed by atoms with Gasteiger partial charge in [-0.05, 0) is 62.6 Å². The molecule has 2 rings (SSSR count). The zero-order chi connectivity index (χ0) is 13.2. The summed E-state index contributed by atoms with van der Waals surface area (Å²) in [6.07, 6.45) is 8.34. The zero-order valence-electron chi connectivity index (χ0n) is 12.6. The van der Waals surface area contributed by atoms with Crippen molar-refractivity contribution >= 4 is 0 Å². The number of hydrogen-bond acceptors (Lipinski definition) is 2. The maximum absolute atomic E-state index is 5.97. The van der Waals surface area contributed by atoms with Crippen molar-refractivity contribution < 1.29 is 0 Å². The topological polar surface area (TPSA) is 29.3 Å². The van der Waals surface area contributed by atoms with Crippen LogP contribution in [0.15, 0.2) is 0 Å². The minimum absolute atomic E-state index is 0.492. The van der Waals surface area contributed by atoms with Crippen molar-refractivity contribution in [2.45, 2.75) is 65.3 Å². The molecule has 2 atom stereocenters. The Hall–Kier alpha value is -0.0800. The van der Waals surface area contributed by atoms with Gasteiger partial charge >= 0.3 is 0 Å². The highest BCUT2D eigenvalue weighted by molar-refractivity contribution is 4.88. The van der Waals surface area contributed by atoms with Crippen LogP contribution in [0.1, 0.15) is 59.3 Å². The van der Waals surface area contributed by atoms with E-state index in [1.54, 1.807) is 0 Å². The average Bonchev–Trinajstić information content (AvgIpc) is 2.38. The van der Waals surface area contributed by atoms with Crippen LogP contribution < -0.4 is 5.73 Å². The number of nitrogens with two attached hydrogens (primary N) is 1. The maximum Gasteiger partial charge on any atom is 0.0136 e. The lowest BCUT2D eigenvalue weighted by Gasteiger charge is -2.45. The summed E-state index contributed by atoms with van der Waals surface area (Å²) in [5, 5.41) is 0. The molecule has 0 aromatic carbocycles. The molecule has 1 heterocycles. The van der Waals surface area contributed by atoms with Crippen molar-refractivity contribution in [3.63, 3.8) is 0 Å². The molecule has 18 heavy (non-hydrogen) atoms. The van der Waals surface area contributed by atoms with Gasteiger partial charge in [-0.15, -0.1) is 0 Å². The van der Waals surface area contributed by atoms with Crippen LogP contribution in [-0.2, 0) is 0 Å². The van der Waals surface area contributed by atoms with E-state index >= 15 is 0 Å². The molecule has 2 nitrogen and oxygen atoms in total. The molecule has 1 aliphatic heterocycles. The SMILES string of the molecule is CC(C)(C)C1CCN(C2CCCCC2CN)CC1. The minimum Gasteiger partial charge on any atom is -0.330 e. The van der Waals surface area contributed by atoms with Gasteiger partial charge in [0.2, 0.25) is 0 Å². The van der Waals surface area contributed by atoms with E-state index in [-0.39, 0.29) is 0 Å². The highest BCUT2D eigenvalue weighted by Crippen LogP contribution is 2.37. The lowest BCUT2D eigenvalue weighted by Crippen LogP contribution is -2.49. The van der Waals surface area contributed by atoms with Crippen molar-refractivity contribution in [1.29, 1.82) is 0 Å². The number of hydrogen-bond donors (Lipinski definition) is 1. The lowest BCUT2D eigenvalue weighted by molar-refractivity contribution is 0.0447. The fourth-order valence-corrected chi connectivity index (χ4v) is 4.04. The summed E-state index contributed by atoms with van der Waals surface area (Å²) in [6.45, 7) is 10.7. The molecule has 0 bridgehead atoms. The fraction of sp³-hybridized carbons (Fsp3) is 1.00. The van der Waals surface area contributed by atoms with Crippen LogP contribution in [0.25, 0.3) is 0 Å². The average molecular weight is 252 g/mol. The summed E-state index contributed by atoms with van der Waals surface area (Å²) in [4.78, 5) is 2.76. The predicted molar refractivity (Wildman–Crippen MR) is 78.6 cm³/mol. The zero-order valence-corrected chi connectivity index (χ0v) is 12.6. The van der Waals surface area contributed by atoms with Gasteiger partial charge in [0.05, 0.1) is 0 Å². The first-order valence-electron chi connectivity index (χ1n) is 7.96. The van der Waals surface area contributed by atoms with Crippen LogP contribution in [0.5, 0.6) is 0 Å². The van der Waals surface area contributed by atoms with Crippen molar-refractivity contribution in [2.24, 2.45) is 23.0 Å². The van der Waals surface area contributed by atoms with Crippen LogP contribution in [0.3, 0.4) is 0 Å². The van der Waals surface area contributed by atoms with Crippen LogP contribution in [0, 0.1) is 17.3 Å². The second kappa shape index (κ2) is 5.92. The van der Waals surface area contributed by atoms with Crippen molar-refractivity contribution in [3.05, 3.63) is 0 Å². The largest absolute Gasteiger partial charge is 0.330 e. The van der Waals surface area contributed by atoms with Gasteiger partial charge in [-0.1, -0.05) is 33.6 Å². The van der Waals surface area contributed by atoms with Crippen LogP contribution in [-0.4, -0.2) is 30.6 Å². The highest BCUT2D eigenvalue weighted by atomic mass is 15.2. The van der Waals surface area contributed by atoms with Gasteiger partial charge in [0.15, 0.2) is 0 Å². The number of likely N-dealkylation sites (tertiary alicyclic amines) is 1. The molecule has 2 aliphatic rings. The van der Waals surface area contributed by atoms with Crippen molar-refractivity contribution in [2.75, 3.05) is 19.6 Å². The van der Waals surface area contributed by atoms with Gasteiger partial charge in [-0.25, -0.2) is 0 Å². The Morgan fingerprint density at radius 2 is 1.61 bits per heavy atom. The molecular weight excluding hydrogens is 220 g/mol. The van der Waals surface area contributed by atoms with E-state index in [0.29, 0.717) is 5.41 Å². The Balaban J connectivity index is 1.88. The van der Waals surface area contributed by atoms with Crippen LogP contribution in [0.2, 0.25) is 0 Å². The molecular formula is C16H32N2. The Kier molecular flexibility index (Phi) is 4.71. The standard InChI is InChI=1S/C16H32N2/c1-16(2,3)14-8-10-18(11-9-14)15-7-5-4-6-13(15)12-17/h13-15H,4-12,17H2,1-3H3. The normalized spacial score (nSPS) is 32.7. The first-order chi connectivity index (χ1) is 8.52. The highest BCUT2D eigenvalue weighted by Gasteiger charge is 2.34. The Bertz CT molecular complexity index is 248. The van der Waals surface area contributed by atoms with E-state index in [2.05, 4.69) is 25.7 Å². The number of piperidine rings is 1. The van der Waals surface area contributed by atoms with E-state index in [1.165, 1.54) is 51.6 Å². The third-order valence-corrected chi connectivity index (χ3v) is 5.40.